The molecule has 1 N–H and O–H groups in total. The van der Waals surface area contributed by atoms with E-state index in [0.29, 0.717) is 17.9 Å². The lowest BCUT2D eigenvalue weighted by Crippen LogP contribution is -2.27. The second-order valence-electron chi connectivity index (χ2n) is 5.89. The Kier molecular flexibility index (Phi) is 6.00. The highest BCUT2D eigenvalue weighted by molar-refractivity contribution is 5.37. The average Bonchev–Trinajstić information content (AvgIpc) is 3.29. The van der Waals surface area contributed by atoms with Crippen LogP contribution in [-0.4, -0.2) is 37.7 Å². The van der Waals surface area contributed by atoms with Gasteiger partial charge in [0.25, 0.3) is 0 Å². The molecule has 0 spiro atoms. The van der Waals surface area contributed by atoms with Gasteiger partial charge in [0, 0.05) is 24.2 Å². The van der Waals surface area contributed by atoms with Crippen LogP contribution in [0.3, 0.4) is 0 Å². The van der Waals surface area contributed by atoms with Gasteiger partial charge >= 0.3 is 0 Å². The number of hydrogen-bond donors (Lipinski definition) is 1. The van der Waals surface area contributed by atoms with E-state index in [2.05, 4.69) is 24.2 Å². The minimum atomic E-state index is -0.195. The number of ether oxygens (including phenoxy) is 1. The van der Waals surface area contributed by atoms with Crippen LogP contribution in [-0.2, 0) is 0 Å². The maximum atomic E-state index is 14.1. The van der Waals surface area contributed by atoms with Crippen LogP contribution in [0, 0.1) is 5.82 Å². The Morgan fingerprint density at radius 3 is 2.86 bits per heavy atom. The lowest BCUT2D eigenvalue weighted by Gasteiger charge is -2.20. The molecule has 3 nitrogen and oxygen atoms in total. The van der Waals surface area contributed by atoms with Crippen LogP contribution in [0.2, 0.25) is 0 Å². The number of benzene rings is 1. The molecule has 1 aromatic carbocycles. The fraction of sp³-hybridized carbons (Fsp3) is 0.647. The molecule has 4 heteroatoms. The summed E-state index contributed by atoms with van der Waals surface area (Å²) in [6.07, 6.45) is 3.61. The van der Waals surface area contributed by atoms with Crippen molar-refractivity contribution in [1.29, 1.82) is 0 Å². The number of rotatable bonds is 9. The molecule has 0 aliphatic heterocycles. The summed E-state index contributed by atoms with van der Waals surface area (Å²) in [5.74, 6) is 0.467. The molecule has 0 bridgehead atoms. The second kappa shape index (κ2) is 7.76. The third-order valence-electron chi connectivity index (χ3n) is 4.02. The molecule has 0 saturated heterocycles. The summed E-state index contributed by atoms with van der Waals surface area (Å²) in [6.45, 7) is 6.45. The van der Waals surface area contributed by atoms with Gasteiger partial charge in [-0.05, 0) is 51.9 Å². The summed E-state index contributed by atoms with van der Waals surface area (Å²) in [4.78, 5) is 2.32. The number of halogens is 1. The van der Waals surface area contributed by atoms with E-state index in [0.717, 1.165) is 25.6 Å². The largest absolute Gasteiger partial charge is 0.492 e. The Morgan fingerprint density at radius 2 is 2.19 bits per heavy atom. The fourth-order valence-electron chi connectivity index (χ4n) is 2.52. The SMILES string of the molecule is CCCNC(C)c1c(F)cccc1OCCN(C)C1CC1. The standard InChI is InChI=1S/C17H27FN2O/c1-4-10-19-13(2)17-15(18)6-5-7-16(17)21-12-11-20(3)14-8-9-14/h5-7,13-14,19H,4,8-12H2,1-3H3. The zero-order valence-electron chi connectivity index (χ0n) is 13.4. The normalized spacial score (nSPS) is 16.2. The molecule has 0 heterocycles. The summed E-state index contributed by atoms with van der Waals surface area (Å²) >= 11 is 0. The van der Waals surface area contributed by atoms with Crippen molar-refractivity contribution in [3.63, 3.8) is 0 Å². The summed E-state index contributed by atoms with van der Waals surface area (Å²) < 4.78 is 20.0. The van der Waals surface area contributed by atoms with Crippen molar-refractivity contribution >= 4 is 0 Å². The second-order valence-corrected chi connectivity index (χ2v) is 5.89. The zero-order valence-corrected chi connectivity index (χ0v) is 13.4. The van der Waals surface area contributed by atoms with Crippen LogP contribution in [0.15, 0.2) is 18.2 Å². The molecule has 0 aromatic heterocycles. The van der Waals surface area contributed by atoms with Crippen molar-refractivity contribution in [3.05, 3.63) is 29.6 Å². The van der Waals surface area contributed by atoms with E-state index in [4.69, 9.17) is 4.74 Å². The Bertz CT molecular complexity index is 448. The number of hydrogen-bond acceptors (Lipinski definition) is 3. The van der Waals surface area contributed by atoms with Gasteiger partial charge in [-0.25, -0.2) is 4.39 Å². The Balaban J connectivity index is 1.95. The lowest BCUT2D eigenvalue weighted by atomic mass is 10.1. The van der Waals surface area contributed by atoms with Crippen molar-refractivity contribution < 1.29 is 9.13 Å². The molecule has 1 saturated carbocycles. The minimum Gasteiger partial charge on any atom is -0.492 e. The molecular formula is C17H27FN2O. The summed E-state index contributed by atoms with van der Waals surface area (Å²) in [7, 11) is 2.12. The van der Waals surface area contributed by atoms with Gasteiger partial charge in [0.2, 0.25) is 0 Å². The zero-order chi connectivity index (χ0) is 15.2. The van der Waals surface area contributed by atoms with E-state index < -0.39 is 0 Å². The van der Waals surface area contributed by atoms with E-state index in [1.807, 2.05) is 13.0 Å². The van der Waals surface area contributed by atoms with Crippen molar-refractivity contribution in [2.24, 2.45) is 0 Å². The van der Waals surface area contributed by atoms with E-state index in [9.17, 15) is 4.39 Å². The highest BCUT2D eigenvalue weighted by atomic mass is 19.1. The number of nitrogens with one attached hydrogen (secondary N) is 1. The first-order valence-electron chi connectivity index (χ1n) is 7.98. The first-order valence-corrected chi connectivity index (χ1v) is 7.98. The molecule has 1 unspecified atom stereocenters. The minimum absolute atomic E-state index is 0.0395. The molecule has 1 fully saturated rings. The van der Waals surface area contributed by atoms with E-state index in [-0.39, 0.29) is 11.9 Å². The van der Waals surface area contributed by atoms with E-state index in [1.165, 1.54) is 18.9 Å². The maximum Gasteiger partial charge on any atom is 0.131 e. The van der Waals surface area contributed by atoms with E-state index in [1.54, 1.807) is 6.07 Å². The van der Waals surface area contributed by atoms with Crippen LogP contribution >= 0.6 is 0 Å². The van der Waals surface area contributed by atoms with Gasteiger partial charge in [0.15, 0.2) is 0 Å². The highest BCUT2D eigenvalue weighted by Gasteiger charge is 2.25. The van der Waals surface area contributed by atoms with Crippen molar-refractivity contribution in [2.75, 3.05) is 26.7 Å². The van der Waals surface area contributed by atoms with Gasteiger partial charge in [0.1, 0.15) is 18.2 Å². The molecule has 1 aromatic rings. The van der Waals surface area contributed by atoms with Crippen molar-refractivity contribution in [3.8, 4) is 5.75 Å². The third-order valence-corrected chi connectivity index (χ3v) is 4.02. The molecule has 2 rings (SSSR count). The highest BCUT2D eigenvalue weighted by Crippen LogP contribution is 2.28. The molecule has 1 aliphatic rings. The quantitative estimate of drug-likeness (QED) is 0.756. The Labute approximate surface area is 127 Å². The molecule has 1 aliphatic carbocycles. The lowest BCUT2D eigenvalue weighted by molar-refractivity contribution is 0.228. The van der Waals surface area contributed by atoms with Crippen molar-refractivity contribution in [1.82, 2.24) is 10.2 Å². The van der Waals surface area contributed by atoms with Gasteiger partial charge in [-0.15, -0.1) is 0 Å². The van der Waals surface area contributed by atoms with Gasteiger partial charge in [0.05, 0.1) is 0 Å². The van der Waals surface area contributed by atoms with Crippen LogP contribution < -0.4 is 10.1 Å². The van der Waals surface area contributed by atoms with Crippen LogP contribution in [0.25, 0.3) is 0 Å². The molecular weight excluding hydrogens is 267 g/mol. The van der Waals surface area contributed by atoms with Gasteiger partial charge < -0.3 is 15.0 Å². The van der Waals surface area contributed by atoms with E-state index >= 15 is 0 Å². The molecule has 21 heavy (non-hydrogen) atoms. The summed E-state index contributed by atoms with van der Waals surface area (Å²) in [5.41, 5.74) is 0.639. The number of nitrogens with zero attached hydrogens (tertiary/aromatic N) is 1. The topological polar surface area (TPSA) is 24.5 Å². The monoisotopic (exact) mass is 294 g/mol. The maximum absolute atomic E-state index is 14.1. The Morgan fingerprint density at radius 1 is 1.43 bits per heavy atom. The van der Waals surface area contributed by atoms with Gasteiger partial charge in [-0.3, -0.25) is 0 Å². The first kappa shape index (κ1) is 16.2. The van der Waals surface area contributed by atoms with Crippen molar-refractivity contribution in [2.45, 2.75) is 45.2 Å². The average molecular weight is 294 g/mol. The molecule has 0 radical (unpaired) electrons. The smallest absolute Gasteiger partial charge is 0.131 e. The summed E-state index contributed by atoms with van der Waals surface area (Å²) in [5, 5.41) is 3.33. The molecule has 1 atom stereocenters. The van der Waals surface area contributed by atoms with Crippen LogP contribution in [0.1, 0.15) is 44.7 Å². The first-order chi connectivity index (χ1) is 10.1. The number of likely N-dealkylation sites (N-methyl/N-ethyl adjacent to an activating group) is 1. The predicted molar refractivity (Wildman–Crippen MR) is 84.3 cm³/mol. The third kappa shape index (κ3) is 4.68. The van der Waals surface area contributed by atoms with Crippen LogP contribution in [0.4, 0.5) is 4.39 Å². The molecule has 0 amide bonds. The van der Waals surface area contributed by atoms with Crippen LogP contribution in [0.5, 0.6) is 5.75 Å². The predicted octanol–water partition coefficient (Wildman–Crippen LogP) is 3.36. The summed E-state index contributed by atoms with van der Waals surface area (Å²) in [6, 6.07) is 5.76. The molecule has 118 valence electrons. The van der Waals surface area contributed by atoms with Gasteiger partial charge in [-0.1, -0.05) is 13.0 Å². The fourth-order valence-corrected chi connectivity index (χ4v) is 2.52. The Hall–Kier alpha value is -1.13. The van der Waals surface area contributed by atoms with Gasteiger partial charge in [-0.2, -0.15) is 0 Å².